The first-order valence-electron chi connectivity index (χ1n) is 6.83. The molecule has 2 aliphatic heterocycles. The molecular formula is C12H22N2O4S. The predicted octanol–water partition coefficient (Wildman–Crippen LogP) is -0.694. The summed E-state index contributed by atoms with van der Waals surface area (Å²) in [5.41, 5.74) is 0. The third kappa shape index (κ3) is 5.08. The number of hydrogen-bond donors (Lipinski definition) is 2. The Morgan fingerprint density at radius 2 is 2.26 bits per heavy atom. The highest BCUT2D eigenvalue weighted by atomic mass is 32.2. The Balaban J connectivity index is 1.69. The Bertz CT molecular complexity index is 404. The van der Waals surface area contributed by atoms with E-state index in [1.807, 2.05) is 0 Å². The minimum absolute atomic E-state index is 0.0625. The summed E-state index contributed by atoms with van der Waals surface area (Å²) in [5.74, 6) is 0.540. The van der Waals surface area contributed by atoms with Crippen LogP contribution in [0.5, 0.6) is 0 Å². The average Bonchev–Trinajstić information content (AvgIpc) is 2.36. The quantitative estimate of drug-likeness (QED) is 0.716. The van der Waals surface area contributed by atoms with Crippen molar-refractivity contribution in [2.24, 2.45) is 5.92 Å². The molecule has 0 bridgehead atoms. The van der Waals surface area contributed by atoms with Gasteiger partial charge in [-0.2, -0.15) is 0 Å². The lowest BCUT2D eigenvalue weighted by Gasteiger charge is -2.25. The molecule has 1 amide bonds. The van der Waals surface area contributed by atoms with Gasteiger partial charge in [0.2, 0.25) is 5.91 Å². The van der Waals surface area contributed by atoms with E-state index in [1.165, 1.54) is 0 Å². The molecule has 2 rings (SSSR count). The fourth-order valence-electron chi connectivity index (χ4n) is 2.52. The summed E-state index contributed by atoms with van der Waals surface area (Å²) in [4.78, 5) is 11.8. The van der Waals surface area contributed by atoms with Crippen molar-refractivity contribution in [2.45, 2.75) is 25.3 Å². The van der Waals surface area contributed by atoms with Crippen LogP contribution in [0.2, 0.25) is 0 Å². The standard InChI is InChI=1S/C12H22N2O4S/c15-12(14-7-10-2-1-4-18-8-10)6-11-9-19(16,17)5-3-13-11/h10-11,13H,1-9H2,(H,14,15). The van der Waals surface area contributed by atoms with Gasteiger partial charge in [-0.15, -0.1) is 0 Å². The maximum Gasteiger partial charge on any atom is 0.221 e. The number of nitrogens with one attached hydrogen (secondary N) is 2. The molecule has 0 aromatic rings. The summed E-state index contributed by atoms with van der Waals surface area (Å²) in [7, 11) is -2.98. The smallest absolute Gasteiger partial charge is 0.221 e. The van der Waals surface area contributed by atoms with Gasteiger partial charge in [0.05, 0.1) is 18.1 Å². The van der Waals surface area contributed by atoms with Crippen molar-refractivity contribution >= 4 is 15.7 Å². The van der Waals surface area contributed by atoms with E-state index < -0.39 is 9.84 Å². The molecule has 0 spiro atoms. The SMILES string of the molecule is O=C(CC1CS(=O)(=O)CCN1)NCC1CCCOC1. The van der Waals surface area contributed by atoms with Crippen molar-refractivity contribution in [3.63, 3.8) is 0 Å². The molecule has 2 aliphatic rings. The Hall–Kier alpha value is -0.660. The van der Waals surface area contributed by atoms with Gasteiger partial charge in [0.25, 0.3) is 0 Å². The maximum absolute atomic E-state index is 11.8. The fraction of sp³-hybridized carbons (Fsp3) is 0.917. The summed E-state index contributed by atoms with van der Waals surface area (Å²) < 4.78 is 28.3. The fourth-order valence-corrected chi connectivity index (χ4v) is 3.97. The van der Waals surface area contributed by atoms with Crippen molar-refractivity contribution in [1.82, 2.24) is 10.6 Å². The third-order valence-electron chi connectivity index (χ3n) is 3.58. The Morgan fingerprint density at radius 3 is 2.95 bits per heavy atom. The van der Waals surface area contributed by atoms with E-state index in [2.05, 4.69) is 10.6 Å². The second kappa shape index (κ2) is 6.67. The zero-order valence-corrected chi connectivity index (χ0v) is 11.9. The first kappa shape index (κ1) is 14.7. The van der Waals surface area contributed by atoms with Crippen LogP contribution in [-0.4, -0.2) is 58.2 Å². The first-order valence-corrected chi connectivity index (χ1v) is 8.65. The second-order valence-corrected chi connectivity index (χ2v) is 7.59. The Morgan fingerprint density at radius 1 is 1.42 bits per heavy atom. The molecular weight excluding hydrogens is 268 g/mol. The van der Waals surface area contributed by atoms with Gasteiger partial charge in [0.15, 0.2) is 9.84 Å². The van der Waals surface area contributed by atoms with E-state index in [-0.39, 0.29) is 29.9 Å². The van der Waals surface area contributed by atoms with Crippen LogP contribution in [0.1, 0.15) is 19.3 Å². The molecule has 110 valence electrons. The first-order chi connectivity index (χ1) is 9.05. The predicted molar refractivity (Wildman–Crippen MR) is 71.6 cm³/mol. The number of amides is 1. The molecule has 0 radical (unpaired) electrons. The topological polar surface area (TPSA) is 84.5 Å². The molecule has 2 saturated heterocycles. The second-order valence-electron chi connectivity index (χ2n) is 5.36. The number of rotatable bonds is 4. The molecule has 6 nitrogen and oxygen atoms in total. The van der Waals surface area contributed by atoms with Crippen molar-refractivity contribution < 1.29 is 17.9 Å². The maximum atomic E-state index is 11.8. The van der Waals surface area contributed by atoms with Crippen molar-refractivity contribution in [3.05, 3.63) is 0 Å². The zero-order chi connectivity index (χ0) is 13.7. The summed E-state index contributed by atoms with van der Waals surface area (Å²) >= 11 is 0. The highest BCUT2D eigenvalue weighted by Crippen LogP contribution is 2.12. The van der Waals surface area contributed by atoms with E-state index in [4.69, 9.17) is 4.74 Å². The van der Waals surface area contributed by atoms with Gasteiger partial charge in [0, 0.05) is 32.2 Å². The lowest BCUT2D eigenvalue weighted by atomic mass is 10.0. The van der Waals surface area contributed by atoms with E-state index in [9.17, 15) is 13.2 Å². The van der Waals surface area contributed by atoms with Gasteiger partial charge in [-0.25, -0.2) is 8.42 Å². The number of carbonyl (C=O) groups excluding carboxylic acids is 1. The van der Waals surface area contributed by atoms with Gasteiger partial charge in [0.1, 0.15) is 0 Å². The summed E-state index contributed by atoms with van der Waals surface area (Å²) in [6.45, 7) is 2.58. The molecule has 0 aromatic heterocycles. The Labute approximate surface area is 114 Å². The number of ether oxygens (including phenoxy) is 1. The van der Waals surface area contributed by atoms with Crippen LogP contribution in [0.4, 0.5) is 0 Å². The molecule has 7 heteroatoms. The number of carbonyl (C=O) groups is 1. The van der Waals surface area contributed by atoms with Crippen LogP contribution in [0.3, 0.4) is 0 Å². The molecule has 2 fully saturated rings. The van der Waals surface area contributed by atoms with Crippen LogP contribution >= 0.6 is 0 Å². The molecule has 2 heterocycles. The van der Waals surface area contributed by atoms with Gasteiger partial charge in [-0.3, -0.25) is 4.79 Å². The normalized spacial score (nSPS) is 30.7. The molecule has 19 heavy (non-hydrogen) atoms. The average molecular weight is 290 g/mol. The van der Waals surface area contributed by atoms with Gasteiger partial charge >= 0.3 is 0 Å². The summed E-state index contributed by atoms with van der Waals surface area (Å²) in [6.07, 6.45) is 2.35. The monoisotopic (exact) mass is 290 g/mol. The molecule has 0 aliphatic carbocycles. The largest absolute Gasteiger partial charge is 0.381 e. The highest BCUT2D eigenvalue weighted by molar-refractivity contribution is 7.91. The number of hydrogen-bond acceptors (Lipinski definition) is 5. The van der Waals surface area contributed by atoms with E-state index in [0.717, 1.165) is 19.4 Å². The van der Waals surface area contributed by atoms with Crippen LogP contribution in [0.15, 0.2) is 0 Å². The Kier molecular flexibility index (Phi) is 5.18. The van der Waals surface area contributed by atoms with Crippen LogP contribution in [-0.2, 0) is 19.4 Å². The van der Waals surface area contributed by atoms with E-state index >= 15 is 0 Å². The minimum Gasteiger partial charge on any atom is -0.381 e. The summed E-state index contributed by atoms with van der Waals surface area (Å²) in [6, 6.07) is -0.249. The molecule has 2 atom stereocenters. The highest BCUT2D eigenvalue weighted by Gasteiger charge is 2.26. The lowest BCUT2D eigenvalue weighted by molar-refractivity contribution is -0.121. The van der Waals surface area contributed by atoms with Crippen molar-refractivity contribution in [2.75, 3.05) is 37.8 Å². The molecule has 0 saturated carbocycles. The van der Waals surface area contributed by atoms with Gasteiger partial charge in [-0.05, 0) is 18.8 Å². The zero-order valence-electron chi connectivity index (χ0n) is 11.1. The summed E-state index contributed by atoms with van der Waals surface area (Å²) in [5, 5.41) is 5.95. The lowest BCUT2D eigenvalue weighted by Crippen LogP contribution is -2.47. The van der Waals surface area contributed by atoms with Crippen molar-refractivity contribution in [1.29, 1.82) is 0 Å². The molecule has 2 N–H and O–H groups in total. The van der Waals surface area contributed by atoms with Crippen LogP contribution in [0, 0.1) is 5.92 Å². The van der Waals surface area contributed by atoms with Crippen LogP contribution < -0.4 is 10.6 Å². The van der Waals surface area contributed by atoms with E-state index in [1.54, 1.807) is 0 Å². The van der Waals surface area contributed by atoms with Gasteiger partial charge in [-0.1, -0.05) is 0 Å². The number of sulfone groups is 1. The molecule has 2 unspecified atom stereocenters. The minimum atomic E-state index is -2.98. The van der Waals surface area contributed by atoms with E-state index in [0.29, 0.717) is 25.6 Å². The van der Waals surface area contributed by atoms with Crippen LogP contribution in [0.25, 0.3) is 0 Å². The van der Waals surface area contributed by atoms with Gasteiger partial charge < -0.3 is 15.4 Å². The third-order valence-corrected chi connectivity index (χ3v) is 5.31. The molecule has 0 aromatic carbocycles. The van der Waals surface area contributed by atoms with Crippen molar-refractivity contribution in [3.8, 4) is 0 Å².